The molecule has 8 nitrogen and oxygen atoms in total. The van der Waals surface area contributed by atoms with Gasteiger partial charge in [-0.05, 0) is 41.3 Å². The smallest absolute Gasteiger partial charge is 0.247 e. The lowest BCUT2D eigenvalue weighted by Gasteiger charge is -2.22. The summed E-state index contributed by atoms with van der Waals surface area (Å²) in [5.74, 6) is 0.353. The van der Waals surface area contributed by atoms with E-state index in [2.05, 4.69) is 28.6 Å². The number of nitrogens with zero attached hydrogens (tertiary/aromatic N) is 4. The average Bonchev–Trinajstić information content (AvgIpc) is 3.23. The number of anilines is 2. The Hall–Kier alpha value is -3.42. The van der Waals surface area contributed by atoms with Crippen molar-refractivity contribution in [2.45, 2.75) is 18.9 Å². The Balaban J connectivity index is 1.44. The number of nitrogens with one attached hydrogen (secondary N) is 2. The van der Waals surface area contributed by atoms with Gasteiger partial charge in [0.05, 0.1) is 30.9 Å². The van der Waals surface area contributed by atoms with E-state index in [1.807, 2.05) is 55.6 Å². The molecule has 9 heteroatoms. The average molecular weight is 489 g/mol. The molecule has 2 heterocycles. The second-order valence-electron chi connectivity index (χ2n) is 8.46. The Morgan fingerprint density at radius 2 is 1.86 bits per heavy atom. The first-order valence-corrected chi connectivity index (χ1v) is 12.5. The third-order valence-electron chi connectivity index (χ3n) is 5.99. The van der Waals surface area contributed by atoms with Crippen molar-refractivity contribution in [3.8, 4) is 6.07 Å². The van der Waals surface area contributed by atoms with E-state index >= 15 is 0 Å². The monoisotopic (exact) mass is 488 g/mol. The molecule has 3 aromatic rings. The first-order valence-electron chi connectivity index (χ1n) is 11.4. The molecule has 2 N–H and O–H groups in total. The van der Waals surface area contributed by atoms with Crippen molar-refractivity contribution in [1.82, 2.24) is 14.6 Å². The van der Waals surface area contributed by atoms with E-state index in [1.165, 1.54) is 0 Å². The van der Waals surface area contributed by atoms with Crippen LogP contribution in [0.2, 0.25) is 0 Å². The van der Waals surface area contributed by atoms with E-state index < -0.39 is 17.6 Å². The van der Waals surface area contributed by atoms with Gasteiger partial charge in [-0.15, -0.1) is 4.31 Å². The molecular weight excluding hydrogens is 460 g/mol. The molecule has 1 aliphatic heterocycles. The molecule has 180 valence electrons. The van der Waals surface area contributed by atoms with Crippen LogP contribution in [0.25, 0.3) is 0 Å². The van der Waals surface area contributed by atoms with E-state index in [4.69, 9.17) is 5.26 Å². The third-order valence-corrected chi connectivity index (χ3v) is 7.48. The second kappa shape index (κ2) is 11.3. The molecule has 4 rings (SSSR count). The number of hydrogen-bond donors (Lipinski definition) is 2. The summed E-state index contributed by atoms with van der Waals surface area (Å²) in [7, 11) is 1.82. The topological polar surface area (TPSA) is 107 Å². The second-order valence-corrected chi connectivity index (χ2v) is 9.99. The Labute approximate surface area is 209 Å². The molecule has 35 heavy (non-hydrogen) atoms. The summed E-state index contributed by atoms with van der Waals surface area (Å²) in [4.78, 5) is 17.6. The van der Waals surface area contributed by atoms with Crippen LogP contribution in [0.15, 0.2) is 72.9 Å². The van der Waals surface area contributed by atoms with E-state index in [0.29, 0.717) is 24.5 Å². The van der Waals surface area contributed by atoms with Gasteiger partial charge in [0.15, 0.2) is 11.5 Å². The molecular formula is C26H28N6O2S. The fourth-order valence-corrected chi connectivity index (χ4v) is 4.99. The number of carbonyl (C=O) groups excluding carboxylic acids is 1. The van der Waals surface area contributed by atoms with Crippen LogP contribution < -0.4 is 14.9 Å². The molecule has 3 unspecified atom stereocenters. The summed E-state index contributed by atoms with van der Waals surface area (Å²) < 4.78 is 15.9. The highest BCUT2D eigenvalue weighted by molar-refractivity contribution is 7.90. The highest BCUT2D eigenvalue weighted by Gasteiger charge is 2.33. The van der Waals surface area contributed by atoms with E-state index in [-0.39, 0.29) is 11.8 Å². The summed E-state index contributed by atoms with van der Waals surface area (Å²) in [5.41, 5.74) is 3.31. The highest BCUT2D eigenvalue weighted by atomic mass is 32.2. The lowest BCUT2D eigenvalue weighted by atomic mass is 9.98. The standard InChI is InChI=1S/C26H28N6O2S/c1-19(21-10-8-20(16-27)9-11-21)17-29-25(22-6-4-3-5-7-22)26(33)30-24-13-12-23(18-28-24)32-15-14-31(2)35(32)34/h3-13,18-19,25,29H,14-15,17H2,1-2H3,(H,28,30,33). The molecule has 1 aromatic heterocycles. The SMILES string of the molecule is CC(CNC(C(=O)Nc1ccc(N2CCN(C)[S+]2[O-])cn1)c1ccccc1)c1ccc(C#N)cc1. The van der Waals surface area contributed by atoms with Crippen molar-refractivity contribution in [2.75, 3.05) is 36.3 Å². The van der Waals surface area contributed by atoms with E-state index in [9.17, 15) is 9.35 Å². The quantitative estimate of drug-likeness (QED) is 0.468. The van der Waals surface area contributed by atoms with Crippen LogP contribution >= 0.6 is 0 Å². The van der Waals surface area contributed by atoms with Crippen molar-refractivity contribution in [1.29, 1.82) is 5.26 Å². The van der Waals surface area contributed by atoms with Crippen molar-refractivity contribution < 1.29 is 9.35 Å². The lowest BCUT2D eigenvalue weighted by molar-refractivity contribution is -0.118. The zero-order chi connectivity index (χ0) is 24.8. The summed E-state index contributed by atoms with van der Waals surface area (Å²) in [5, 5.41) is 15.3. The Kier molecular flexibility index (Phi) is 8.00. The maximum atomic E-state index is 13.3. The Morgan fingerprint density at radius 1 is 1.11 bits per heavy atom. The number of benzene rings is 2. The van der Waals surface area contributed by atoms with Gasteiger partial charge >= 0.3 is 0 Å². The molecule has 0 spiro atoms. The van der Waals surface area contributed by atoms with Gasteiger partial charge in [0.2, 0.25) is 5.91 Å². The first kappa shape index (κ1) is 24.7. The predicted molar refractivity (Wildman–Crippen MR) is 138 cm³/mol. The largest absolute Gasteiger partial charge is 0.573 e. The lowest BCUT2D eigenvalue weighted by Crippen LogP contribution is -2.35. The summed E-state index contributed by atoms with van der Waals surface area (Å²) >= 11 is -1.22. The van der Waals surface area contributed by atoms with Gasteiger partial charge in [-0.25, -0.2) is 4.98 Å². The minimum atomic E-state index is -1.22. The molecule has 1 aliphatic rings. The van der Waals surface area contributed by atoms with Gasteiger partial charge in [0.1, 0.15) is 17.5 Å². The normalized spacial score (nSPS) is 17.5. The van der Waals surface area contributed by atoms with Crippen molar-refractivity contribution in [3.63, 3.8) is 0 Å². The molecule has 3 atom stereocenters. The number of rotatable bonds is 8. The fraction of sp³-hybridized carbons (Fsp3) is 0.269. The molecule has 0 saturated carbocycles. The Morgan fingerprint density at radius 3 is 2.46 bits per heavy atom. The van der Waals surface area contributed by atoms with E-state index in [0.717, 1.165) is 23.4 Å². The summed E-state index contributed by atoms with van der Waals surface area (Å²) in [6.45, 7) is 4.03. The molecule has 1 saturated heterocycles. The molecule has 2 aromatic carbocycles. The maximum absolute atomic E-state index is 13.3. The van der Waals surface area contributed by atoms with Crippen LogP contribution in [-0.2, 0) is 16.3 Å². The van der Waals surface area contributed by atoms with Gasteiger partial charge in [-0.2, -0.15) is 9.57 Å². The van der Waals surface area contributed by atoms with Crippen molar-refractivity contribution >= 4 is 29.0 Å². The molecule has 0 bridgehead atoms. The van der Waals surface area contributed by atoms with Gasteiger partial charge < -0.3 is 15.2 Å². The van der Waals surface area contributed by atoms with Crippen LogP contribution in [0.3, 0.4) is 0 Å². The van der Waals surface area contributed by atoms with Gasteiger partial charge in [0, 0.05) is 13.6 Å². The number of pyridine rings is 1. The number of nitriles is 1. The highest BCUT2D eigenvalue weighted by Crippen LogP contribution is 2.25. The number of amides is 1. The minimum Gasteiger partial charge on any atom is -0.573 e. The van der Waals surface area contributed by atoms with Crippen LogP contribution in [0, 0.1) is 11.3 Å². The molecule has 1 fully saturated rings. The van der Waals surface area contributed by atoms with Crippen molar-refractivity contribution in [2.24, 2.45) is 0 Å². The van der Waals surface area contributed by atoms with Crippen molar-refractivity contribution in [3.05, 3.63) is 89.6 Å². The van der Waals surface area contributed by atoms with Crippen LogP contribution in [0.4, 0.5) is 11.5 Å². The van der Waals surface area contributed by atoms with Crippen LogP contribution in [0.5, 0.6) is 0 Å². The van der Waals surface area contributed by atoms with Gasteiger partial charge in [-0.3, -0.25) is 4.79 Å². The third kappa shape index (κ3) is 5.99. The number of carbonyl (C=O) groups is 1. The fourth-order valence-electron chi connectivity index (χ4n) is 3.89. The first-order chi connectivity index (χ1) is 17.0. The zero-order valence-electron chi connectivity index (χ0n) is 19.7. The van der Waals surface area contributed by atoms with Gasteiger partial charge in [-0.1, -0.05) is 49.4 Å². The van der Waals surface area contributed by atoms with Crippen LogP contribution in [0.1, 0.15) is 35.6 Å². The minimum absolute atomic E-state index is 0.138. The van der Waals surface area contributed by atoms with Gasteiger partial charge in [0.25, 0.3) is 0 Å². The molecule has 1 amide bonds. The number of likely N-dealkylation sites (N-methyl/N-ethyl adjacent to an activating group) is 1. The molecule has 0 radical (unpaired) electrons. The summed E-state index contributed by atoms with van der Waals surface area (Å²) in [6.07, 6.45) is 1.63. The molecule has 0 aliphatic carbocycles. The number of hydrogen-bond acceptors (Lipinski definition) is 7. The predicted octanol–water partition coefficient (Wildman–Crippen LogP) is 3.36. The number of aromatic nitrogens is 1. The maximum Gasteiger partial charge on any atom is 0.247 e. The van der Waals surface area contributed by atoms with E-state index in [1.54, 1.807) is 33.0 Å². The summed E-state index contributed by atoms with van der Waals surface area (Å²) in [6, 6.07) is 22.2. The van der Waals surface area contributed by atoms with Crippen LogP contribution in [-0.4, -0.2) is 46.4 Å². The zero-order valence-corrected chi connectivity index (χ0v) is 20.5. The Bertz CT molecular complexity index is 1170.